The van der Waals surface area contributed by atoms with Gasteiger partial charge in [-0.1, -0.05) is 12.1 Å². The molecule has 146 valence electrons. The van der Waals surface area contributed by atoms with E-state index in [2.05, 4.69) is 10.4 Å². The number of aromatic nitrogens is 2. The Balaban J connectivity index is 1.42. The van der Waals surface area contributed by atoms with Crippen LogP contribution < -0.4 is 5.32 Å². The maximum absolute atomic E-state index is 12.3. The molecule has 7 nitrogen and oxygen atoms in total. The maximum atomic E-state index is 12.3. The lowest BCUT2D eigenvalue weighted by Gasteiger charge is -2.30. The van der Waals surface area contributed by atoms with Gasteiger partial charge >= 0.3 is 0 Å². The van der Waals surface area contributed by atoms with Crippen molar-refractivity contribution in [3.05, 3.63) is 48.3 Å². The van der Waals surface area contributed by atoms with Crippen LogP contribution in [0.5, 0.6) is 0 Å². The fourth-order valence-corrected chi connectivity index (χ4v) is 4.42. The Bertz CT molecular complexity index is 840. The highest BCUT2D eigenvalue weighted by Gasteiger charge is 2.29. The molecule has 1 saturated heterocycles. The second kappa shape index (κ2) is 8.67. The summed E-state index contributed by atoms with van der Waals surface area (Å²) in [5.74, 6) is 0.0375. The van der Waals surface area contributed by atoms with E-state index >= 15 is 0 Å². The lowest BCUT2D eigenvalue weighted by molar-refractivity contribution is -0.126. The highest BCUT2D eigenvalue weighted by atomic mass is 32.2. The molecule has 27 heavy (non-hydrogen) atoms. The molecule has 8 heteroatoms. The van der Waals surface area contributed by atoms with Gasteiger partial charge in [-0.25, -0.2) is 17.4 Å². The van der Waals surface area contributed by atoms with Gasteiger partial charge in [0.25, 0.3) is 0 Å². The number of carbonyl (C=O) groups excluding carboxylic acids is 1. The molecule has 1 fully saturated rings. The van der Waals surface area contributed by atoms with Gasteiger partial charge in [0.15, 0.2) is 0 Å². The third-order valence-corrected chi connectivity index (χ3v) is 6.88. The van der Waals surface area contributed by atoms with E-state index in [1.165, 1.54) is 4.31 Å². The molecule has 0 saturated carbocycles. The average molecular weight is 391 g/mol. The van der Waals surface area contributed by atoms with E-state index in [0.29, 0.717) is 32.5 Å². The van der Waals surface area contributed by atoms with Gasteiger partial charge in [-0.2, -0.15) is 5.10 Å². The molecule has 2 aromatic rings. The Morgan fingerprint density at radius 2 is 1.93 bits per heavy atom. The summed E-state index contributed by atoms with van der Waals surface area (Å²) in [5.41, 5.74) is 2.15. The Morgan fingerprint density at radius 3 is 2.52 bits per heavy atom. The van der Waals surface area contributed by atoms with Crippen LogP contribution in [-0.4, -0.2) is 53.8 Å². The summed E-state index contributed by atoms with van der Waals surface area (Å²) in [6, 6.07) is 9.97. The first-order valence-electron chi connectivity index (χ1n) is 9.34. The van der Waals surface area contributed by atoms with Crippen molar-refractivity contribution < 1.29 is 13.2 Å². The van der Waals surface area contributed by atoms with Crippen molar-refractivity contribution in [3.63, 3.8) is 0 Å². The topological polar surface area (TPSA) is 84.3 Å². The zero-order chi connectivity index (χ0) is 19.3. The predicted molar refractivity (Wildman–Crippen MR) is 104 cm³/mol. The number of amides is 1. The molecule has 0 bridgehead atoms. The molecule has 0 atom stereocenters. The maximum Gasteiger partial charge on any atom is 0.223 e. The van der Waals surface area contributed by atoms with E-state index in [4.69, 9.17) is 0 Å². The Kier molecular flexibility index (Phi) is 6.28. The van der Waals surface area contributed by atoms with Crippen molar-refractivity contribution in [1.82, 2.24) is 19.4 Å². The lowest BCUT2D eigenvalue weighted by atomic mass is 9.97. The molecule has 0 unspecified atom stereocenters. The molecule has 0 aliphatic carbocycles. The SMILES string of the molecule is CCS(=O)(=O)N1CCC(C(=O)NCCc2ccc(-n3cccn3)cc2)CC1. The first-order valence-corrected chi connectivity index (χ1v) is 10.9. The fraction of sp³-hybridized carbons (Fsp3) is 0.474. The van der Waals surface area contributed by atoms with E-state index in [1.54, 1.807) is 17.8 Å². The molecule has 1 aromatic heterocycles. The van der Waals surface area contributed by atoms with Crippen molar-refractivity contribution in [2.24, 2.45) is 5.92 Å². The Morgan fingerprint density at radius 1 is 1.22 bits per heavy atom. The number of sulfonamides is 1. The number of nitrogens with zero attached hydrogens (tertiary/aromatic N) is 3. The highest BCUT2D eigenvalue weighted by Crippen LogP contribution is 2.20. The number of hydrogen-bond acceptors (Lipinski definition) is 4. The molecular weight excluding hydrogens is 364 g/mol. The summed E-state index contributed by atoms with van der Waals surface area (Å²) >= 11 is 0. The minimum Gasteiger partial charge on any atom is -0.356 e. The zero-order valence-electron chi connectivity index (χ0n) is 15.5. The first kappa shape index (κ1) is 19.6. The summed E-state index contributed by atoms with van der Waals surface area (Å²) in [4.78, 5) is 12.3. The minimum atomic E-state index is -3.15. The lowest BCUT2D eigenvalue weighted by Crippen LogP contribution is -2.43. The normalized spacial score (nSPS) is 16.3. The van der Waals surface area contributed by atoms with Crippen molar-refractivity contribution in [2.75, 3.05) is 25.4 Å². The van der Waals surface area contributed by atoms with Gasteiger partial charge in [0.2, 0.25) is 15.9 Å². The second-order valence-electron chi connectivity index (χ2n) is 6.73. The number of benzene rings is 1. The van der Waals surface area contributed by atoms with Crippen molar-refractivity contribution >= 4 is 15.9 Å². The number of piperidine rings is 1. The van der Waals surface area contributed by atoms with Crippen molar-refractivity contribution in [2.45, 2.75) is 26.2 Å². The third kappa shape index (κ3) is 4.95. The molecule has 1 amide bonds. The first-order chi connectivity index (χ1) is 13.0. The molecule has 1 aromatic carbocycles. The van der Waals surface area contributed by atoms with Crippen LogP contribution in [0.2, 0.25) is 0 Å². The summed E-state index contributed by atoms with van der Waals surface area (Å²) in [7, 11) is -3.15. The number of carbonyl (C=O) groups is 1. The van der Waals surface area contributed by atoms with Gasteiger partial charge in [-0.15, -0.1) is 0 Å². The van der Waals surface area contributed by atoms with Gasteiger partial charge in [0, 0.05) is 37.9 Å². The number of nitrogens with one attached hydrogen (secondary N) is 1. The Labute approximate surface area is 160 Å². The number of rotatable bonds is 7. The van der Waals surface area contributed by atoms with Crippen molar-refractivity contribution in [1.29, 1.82) is 0 Å². The molecule has 1 N–H and O–H groups in total. The van der Waals surface area contributed by atoms with E-state index in [9.17, 15) is 13.2 Å². The summed E-state index contributed by atoms with van der Waals surface area (Å²) < 4.78 is 27.1. The van der Waals surface area contributed by atoms with E-state index in [1.807, 2.05) is 36.5 Å². The summed E-state index contributed by atoms with van der Waals surface area (Å²) in [6.45, 7) is 3.09. The predicted octanol–water partition coefficient (Wildman–Crippen LogP) is 1.59. The van der Waals surface area contributed by atoms with Gasteiger partial charge in [0.05, 0.1) is 11.4 Å². The zero-order valence-corrected chi connectivity index (χ0v) is 16.4. The van der Waals surface area contributed by atoms with Crippen LogP contribution in [0.15, 0.2) is 42.7 Å². The van der Waals surface area contributed by atoms with Gasteiger partial charge < -0.3 is 5.32 Å². The summed E-state index contributed by atoms with van der Waals surface area (Å²) in [6.07, 6.45) is 5.57. The van der Waals surface area contributed by atoms with Gasteiger partial charge in [-0.3, -0.25) is 4.79 Å². The third-order valence-electron chi connectivity index (χ3n) is 5.00. The van der Waals surface area contributed by atoms with E-state index in [0.717, 1.165) is 17.7 Å². The fourth-order valence-electron chi connectivity index (χ4n) is 3.29. The standard InChI is InChI=1S/C19H26N4O3S/c1-2-27(25,26)22-14-9-17(10-15-22)19(24)20-12-8-16-4-6-18(7-5-16)23-13-3-11-21-23/h3-7,11,13,17H,2,8-10,12,14-15H2,1H3,(H,20,24). The molecule has 1 aliphatic rings. The van der Waals surface area contributed by atoms with Crippen LogP contribution in [0, 0.1) is 5.92 Å². The van der Waals surface area contributed by atoms with Crippen LogP contribution in [0.3, 0.4) is 0 Å². The highest BCUT2D eigenvalue weighted by molar-refractivity contribution is 7.89. The van der Waals surface area contributed by atoms with Gasteiger partial charge in [-0.05, 0) is 49.9 Å². The monoisotopic (exact) mass is 390 g/mol. The second-order valence-corrected chi connectivity index (χ2v) is 8.99. The molecular formula is C19H26N4O3S. The van der Waals surface area contributed by atoms with E-state index < -0.39 is 10.0 Å². The number of hydrogen-bond donors (Lipinski definition) is 1. The quantitative estimate of drug-likeness (QED) is 0.778. The largest absolute Gasteiger partial charge is 0.356 e. The van der Waals surface area contributed by atoms with Crippen LogP contribution >= 0.6 is 0 Å². The molecule has 1 aliphatic heterocycles. The molecule has 0 spiro atoms. The molecule has 3 rings (SSSR count). The van der Waals surface area contributed by atoms with Crippen molar-refractivity contribution in [3.8, 4) is 5.69 Å². The van der Waals surface area contributed by atoms with Crippen LogP contribution in [0.4, 0.5) is 0 Å². The summed E-state index contributed by atoms with van der Waals surface area (Å²) in [5, 5.41) is 7.18. The van der Waals surface area contributed by atoms with E-state index in [-0.39, 0.29) is 17.6 Å². The Hall–Kier alpha value is -2.19. The van der Waals surface area contributed by atoms with Gasteiger partial charge in [0.1, 0.15) is 0 Å². The van der Waals surface area contributed by atoms with Crippen LogP contribution in [-0.2, 0) is 21.2 Å². The van der Waals surface area contributed by atoms with Crippen LogP contribution in [0.25, 0.3) is 5.69 Å². The average Bonchev–Trinajstić information content (AvgIpc) is 3.23. The smallest absolute Gasteiger partial charge is 0.223 e. The molecule has 0 radical (unpaired) electrons. The molecule has 2 heterocycles. The van der Waals surface area contributed by atoms with Crippen LogP contribution in [0.1, 0.15) is 25.3 Å². The minimum absolute atomic E-state index is 0.0247.